The van der Waals surface area contributed by atoms with Gasteiger partial charge in [-0.1, -0.05) is 73.2 Å². The molecule has 0 radical (unpaired) electrons. The highest BCUT2D eigenvalue weighted by Crippen LogP contribution is 2.19. The minimum atomic E-state index is 0.211. The lowest BCUT2D eigenvalue weighted by atomic mass is 10.1. The van der Waals surface area contributed by atoms with Gasteiger partial charge in [0.05, 0.1) is 11.9 Å². The molecule has 25 heavy (non-hydrogen) atoms. The van der Waals surface area contributed by atoms with Gasteiger partial charge in [0.1, 0.15) is 0 Å². The van der Waals surface area contributed by atoms with E-state index in [-0.39, 0.29) is 6.04 Å². The normalized spacial score (nSPS) is 18.0. The molecule has 2 heteroatoms. The van der Waals surface area contributed by atoms with E-state index in [1.165, 1.54) is 41.8 Å². The summed E-state index contributed by atoms with van der Waals surface area (Å²) in [6.45, 7) is 3.25. The van der Waals surface area contributed by atoms with Gasteiger partial charge in [0.25, 0.3) is 0 Å². The first kappa shape index (κ1) is 17.5. The van der Waals surface area contributed by atoms with Crippen molar-refractivity contribution in [2.75, 3.05) is 6.54 Å². The van der Waals surface area contributed by atoms with E-state index in [2.05, 4.69) is 79.0 Å². The lowest BCUT2D eigenvalue weighted by molar-refractivity contribution is 0.721. The highest BCUT2D eigenvalue weighted by atomic mass is 15.0. The summed E-state index contributed by atoms with van der Waals surface area (Å²) in [7, 11) is 0. The second kappa shape index (κ2) is 9.22. The van der Waals surface area contributed by atoms with Crippen LogP contribution < -0.4 is 5.32 Å². The predicted molar refractivity (Wildman–Crippen MR) is 108 cm³/mol. The molecule has 3 rings (SSSR count). The van der Waals surface area contributed by atoms with Crippen molar-refractivity contribution in [3.8, 4) is 0 Å². The average molecular weight is 332 g/mol. The molecule has 1 heterocycles. The van der Waals surface area contributed by atoms with Crippen molar-refractivity contribution >= 4 is 11.9 Å². The molecule has 0 spiro atoms. The third kappa shape index (κ3) is 5.60. The number of amidine groups is 1. The molecule has 1 fully saturated rings. The van der Waals surface area contributed by atoms with Crippen LogP contribution in [0.3, 0.4) is 0 Å². The Bertz CT molecular complexity index is 689. The first-order valence-electron chi connectivity index (χ1n) is 9.42. The van der Waals surface area contributed by atoms with Crippen molar-refractivity contribution in [1.82, 2.24) is 5.32 Å². The van der Waals surface area contributed by atoms with Gasteiger partial charge in [-0.15, -0.1) is 0 Å². The van der Waals surface area contributed by atoms with Crippen LogP contribution in [-0.4, -0.2) is 12.4 Å². The van der Waals surface area contributed by atoms with Crippen molar-refractivity contribution < 1.29 is 0 Å². The summed E-state index contributed by atoms with van der Waals surface area (Å²) >= 11 is 0. The van der Waals surface area contributed by atoms with E-state index in [9.17, 15) is 0 Å². The van der Waals surface area contributed by atoms with Crippen molar-refractivity contribution in [2.45, 2.75) is 45.1 Å². The van der Waals surface area contributed by atoms with Crippen LogP contribution in [0, 0.1) is 0 Å². The standard InChI is InChI=1S/C23H28N2/c1-19(25-23-13-6-3-7-18-24-23)22-16-14-21(15-17-22)12-8-11-20-9-4-2-5-10-20/h2,4-5,8-10,12,14-17,19H,3,6-7,11,13,18H2,1H3,(H,24,25). The third-order valence-electron chi connectivity index (χ3n) is 4.69. The molecule has 0 bridgehead atoms. The maximum atomic E-state index is 4.89. The molecule has 1 N–H and O–H groups in total. The molecule has 0 amide bonds. The Hall–Kier alpha value is -2.35. The van der Waals surface area contributed by atoms with Crippen LogP contribution >= 0.6 is 0 Å². The molecule has 130 valence electrons. The summed E-state index contributed by atoms with van der Waals surface area (Å²) in [6.07, 6.45) is 10.3. The Labute approximate surface area is 151 Å². The van der Waals surface area contributed by atoms with E-state index in [1.807, 2.05) is 0 Å². The summed E-state index contributed by atoms with van der Waals surface area (Å²) in [6, 6.07) is 19.5. The quantitative estimate of drug-likeness (QED) is 0.761. The predicted octanol–water partition coefficient (Wildman–Crippen LogP) is 5.57. The van der Waals surface area contributed by atoms with Gasteiger partial charge >= 0.3 is 0 Å². The molecule has 1 aliphatic rings. The van der Waals surface area contributed by atoms with Crippen molar-refractivity contribution in [2.24, 2.45) is 4.99 Å². The molecule has 1 aliphatic heterocycles. The highest BCUT2D eigenvalue weighted by Gasteiger charge is 2.08. The van der Waals surface area contributed by atoms with Crippen molar-refractivity contribution in [3.63, 3.8) is 0 Å². The number of benzene rings is 2. The fourth-order valence-electron chi connectivity index (χ4n) is 3.16. The van der Waals surface area contributed by atoms with Crippen LogP contribution in [-0.2, 0) is 6.42 Å². The summed E-state index contributed by atoms with van der Waals surface area (Å²) < 4.78 is 0. The Balaban J connectivity index is 1.58. The molecule has 0 aliphatic carbocycles. The molecule has 1 atom stereocenters. The molecule has 0 saturated carbocycles. The van der Waals surface area contributed by atoms with E-state index in [4.69, 9.17) is 4.99 Å². The first-order chi connectivity index (χ1) is 12.3. The lowest BCUT2D eigenvalue weighted by Crippen LogP contribution is -2.22. The van der Waals surface area contributed by atoms with Crippen LogP contribution in [0.2, 0.25) is 0 Å². The average Bonchev–Trinajstić information content (AvgIpc) is 2.92. The maximum absolute atomic E-state index is 4.89. The molecule has 1 saturated heterocycles. The number of hydrogen-bond donors (Lipinski definition) is 1. The number of rotatable bonds is 5. The zero-order valence-corrected chi connectivity index (χ0v) is 15.1. The fourth-order valence-corrected chi connectivity index (χ4v) is 3.16. The van der Waals surface area contributed by atoms with Gasteiger partial charge in [-0.3, -0.25) is 4.99 Å². The number of hydrogen-bond acceptors (Lipinski definition) is 1. The maximum Gasteiger partial charge on any atom is 0.0970 e. The third-order valence-corrected chi connectivity index (χ3v) is 4.69. The molecular weight excluding hydrogens is 304 g/mol. The Morgan fingerprint density at radius 1 is 1.00 bits per heavy atom. The summed E-state index contributed by atoms with van der Waals surface area (Å²) in [5, 5.41) is 3.48. The number of nitrogens with one attached hydrogen (secondary N) is 1. The second-order valence-electron chi connectivity index (χ2n) is 6.75. The van der Waals surface area contributed by atoms with Gasteiger partial charge in [0.15, 0.2) is 0 Å². The van der Waals surface area contributed by atoms with Gasteiger partial charge in [-0.2, -0.15) is 0 Å². The Morgan fingerprint density at radius 2 is 1.80 bits per heavy atom. The molecule has 2 aromatic rings. The van der Waals surface area contributed by atoms with Crippen LogP contribution in [0.1, 0.15) is 55.3 Å². The van der Waals surface area contributed by atoms with Gasteiger partial charge in [0, 0.05) is 13.0 Å². The zero-order valence-electron chi connectivity index (χ0n) is 15.1. The second-order valence-corrected chi connectivity index (χ2v) is 6.75. The summed E-state index contributed by atoms with van der Waals surface area (Å²) in [4.78, 5) is 4.89. The van der Waals surface area contributed by atoms with E-state index >= 15 is 0 Å². The van der Waals surface area contributed by atoms with Crippen molar-refractivity contribution in [1.29, 1.82) is 0 Å². The fraction of sp³-hybridized carbons (Fsp3) is 0.348. The zero-order chi connectivity index (χ0) is 17.3. The van der Waals surface area contributed by atoms with Crippen LogP contribution in [0.5, 0.6) is 0 Å². The molecule has 0 aromatic heterocycles. The smallest absolute Gasteiger partial charge is 0.0970 e. The Kier molecular flexibility index (Phi) is 6.44. The first-order valence-corrected chi connectivity index (χ1v) is 9.42. The number of nitrogens with zero attached hydrogens (tertiary/aromatic N) is 1. The minimum absolute atomic E-state index is 0.211. The van der Waals surface area contributed by atoms with E-state index < -0.39 is 0 Å². The van der Waals surface area contributed by atoms with E-state index in [0.717, 1.165) is 19.4 Å². The molecular formula is C23H28N2. The summed E-state index contributed by atoms with van der Waals surface area (Å²) in [5.41, 5.74) is 3.86. The van der Waals surface area contributed by atoms with Gasteiger partial charge in [-0.05, 0) is 42.9 Å². The molecule has 2 aromatic carbocycles. The minimum Gasteiger partial charge on any atom is -0.374 e. The highest BCUT2D eigenvalue weighted by molar-refractivity contribution is 5.82. The van der Waals surface area contributed by atoms with Crippen LogP contribution in [0.25, 0.3) is 6.08 Å². The molecule has 1 unspecified atom stereocenters. The van der Waals surface area contributed by atoms with Gasteiger partial charge in [-0.25, -0.2) is 0 Å². The SMILES string of the molecule is CC(N=C1CCCCCN1)c1ccc(C=CCc2ccccc2)cc1. The molecule has 2 nitrogen and oxygen atoms in total. The van der Waals surface area contributed by atoms with E-state index in [0.29, 0.717) is 0 Å². The van der Waals surface area contributed by atoms with Crippen LogP contribution in [0.15, 0.2) is 65.7 Å². The van der Waals surface area contributed by atoms with Gasteiger partial charge < -0.3 is 5.32 Å². The lowest BCUT2D eigenvalue weighted by Gasteiger charge is -2.11. The Morgan fingerprint density at radius 3 is 2.60 bits per heavy atom. The largest absolute Gasteiger partial charge is 0.374 e. The number of allylic oxidation sites excluding steroid dienone is 1. The van der Waals surface area contributed by atoms with Crippen molar-refractivity contribution in [3.05, 3.63) is 77.4 Å². The van der Waals surface area contributed by atoms with Crippen LogP contribution in [0.4, 0.5) is 0 Å². The monoisotopic (exact) mass is 332 g/mol. The topological polar surface area (TPSA) is 24.4 Å². The van der Waals surface area contributed by atoms with E-state index in [1.54, 1.807) is 0 Å². The van der Waals surface area contributed by atoms with Gasteiger partial charge in [0.2, 0.25) is 0 Å². The summed E-state index contributed by atoms with van der Waals surface area (Å²) in [5.74, 6) is 1.18. The number of aliphatic imine (C=N–C) groups is 1.